The van der Waals surface area contributed by atoms with Crippen LogP contribution in [0.25, 0.3) is 5.65 Å². The van der Waals surface area contributed by atoms with Crippen LogP contribution in [0.5, 0.6) is 0 Å². The highest BCUT2D eigenvalue weighted by Gasteiger charge is 2.32. The molecule has 3 heterocycles. The lowest BCUT2D eigenvalue weighted by Crippen LogP contribution is -2.42. The van der Waals surface area contributed by atoms with E-state index in [1.807, 2.05) is 33.8 Å². The fourth-order valence-electron chi connectivity index (χ4n) is 3.20. The van der Waals surface area contributed by atoms with Crippen LogP contribution in [0, 0.1) is 13.8 Å². The number of piperidine rings is 1. The number of rotatable bonds is 1. The highest BCUT2D eigenvalue weighted by atomic mass is 16.6. The van der Waals surface area contributed by atoms with Crippen molar-refractivity contribution in [1.29, 1.82) is 0 Å². The van der Waals surface area contributed by atoms with Gasteiger partial charge in [-0.2, -0.15) is 0 Å². The van der Waals surface area contributed by atoms with Gasteiger partial charge in [0, 0.05) is 23.9 Å². The summed E-state index contributed by atoms with van der Waals surface area (Å²) in [6.07, 6.45) is 2.49. The molecular weight excluding hydrogens is 320 g/mol. The molecule has 25 heavy (non-hydrogen) atoms. The standard InChI is InChI=1S/C18H26N4O3/c1-11-12(2)19-15-10-13(20-22(15)16(11)23)14-8-6-7-9-21(14)17(24)25-18(3,4)5/h10,14,20H,6-9H2,1-5H3/t14-/m1/s1. The summed E-state index contributed by atoms with van der Waals surface area (Å²) in [7, 11) is 0. The Morgan fingerprint density at radius 2 is 2.04 bits per heavy atom. The predicted octanol–water partition coefficient (Wildman–Crippen LogP) is 3.10. The van der Waals surface area contributed by atoms with E-state index in [1.54, 1.807) is 11.8 Å². The predicted molar refractivity (Wildman–Crippen MR) is 94.8 cm³/mol. The number of aromatic amines is 1. The topological polar surface area (TPSA) is 79.7 Å². The van der Waals surface area contributed by atoms with Gasteiger partial charge in [-0.3, -0.25) is 14.8 Å². The van der Waals surface area contributed by atoms with Gasteiger partial charge >= 0.3 is 6.09 Å². The molecule has 2 aromatic rings. The van der Waals surface area contributed by atoms with Crippen LogP contribution in [-0.2, 0) is 4.74 Å². The fourth-order valence-corrected chi connectivity index (χ4v) is 3.20. The number of likely N-dealkylation sites (tertiary alicyclic amines) is 1. The number of carbonyl (C=O) groups is 1. The molecule has 1 saturated heterocycles. The minimum Gasteiger partial charge on any atom is -0.444 e. The quantitative estimate of drug-likeness (QED) is 0.860. The van der Waals surface area contributed by atoms with E-state index in [4.69, 9.17) is 4.74 Å². The molecule has 0 aliphatic carbocycles. The largest absolute Gasteiger partial charge is 0.444 e. The fraction of sp³-hybridized carbons (Fsp3) is 0.611. The van der Waals surface area contributed by atoms with Gasteiger partial charge in [-0.05, 0) is 53.9 Å². The minimum absolute atomic E-state index is 0.103. The minimum atomic E-state index is -0.535. The van der Waals surface area contributed by atoms with Gasteiger partial charge in [0.1, 0.15) is 5.60 Å². The van der Waals surface area contributed by atoms with Gasteiger partial charge in [0.15, 0.2) is 5.65 Å². The zero-order valence-electron chi connectivity index (χ0n) is 15.5. The molecule has 0 spiro atoms. The summed E-state index contributed by atoms with van der Waals surface area (Å²) < 4.78 is 7.01. The van der Waals surface area contributed by atoms with Gasteiger partial charge in [0.2, 0.25) is 0 Å². The number of hydrogen-bond donors (Lipinski definition) is 1. The van der Waals surface area contributed by atoms with Crippen molar-refractivity contribution < 1.29 is 9.53 Å². The number of fused-ring (bicyclic) bond motifs is 1. The van der Waals surface area contributed by atoms with E-state index in [1.165, 1.54) is 4.52 Å². The molecule has 7 heteroatoms. The Balaban J connectivity index is 1.98. The van der Waals surface area contributed by atoms with Crippen LogP contribution in [0.2, 0.25) is 0 Å². The number of aryl methyl sites for hydroxylation is 1. The third kappa shape index (κ3) is 3.41. The lowest BCUT2D eigenvalue weighted by molar-refractivity contribution is 0.00897. The van der Waals surface area contributed by atoms with Crippen LogP contribution in [0.1, 0.15) is 63.0 Å². The molecule has 1 N–H and O–H groups in total. The van der Waals surface area contributed by atoms with E-state index in [0.29, 0.717) is 17.8 Å². The normalized spacial score (nSPS) is 18.6. The Morgan fingerprint density at radius 1 is 1.32 bits per heavy atom. The number of amides is 1. The molecule has 0 aromatic carbocycles. The number of ether oxygens (including phenoxy) is 1. The maximum atomic E-state index is 12.6. The van der Waals surface area contributed by atoms with Crippen LogP contribution in [0.4, 0.5) is 4.79 Å². The summed E-state index contributed by atoms with van der Waals surface area (Å²) >= 11 is 0. The Bertz CT molecular complexity index is 860. The van der Waals surface area contributed by atoms with Crippen molar-refractivity contribution in [2.45, 2.75) is 65.5 Å². The second-order valence-electron chi connectivity index (χ2n) is 7.72. The van der Waals surface area contributed by atoms with Crippen molar-refractivity contribution in [1.82, 2.24) is 19.5 Å². The highest BCUT2D eigenvalue weighted by molar-refractivity contribution is 5.69. The number of nitrogens with one attached hydrogen (secondary N) is 1. The lowest BCUT2D eigenvalue weighted by atomic mass is 10.00. The Hall–Kier alpha value is -2.31. The average Bonchev–Trinajstić information content (AvgIpc) is 2.95. The molecule has 3 rings (SSSR count). The Morgan fingerprint density at radius 3 is 2.72 bits per heavy atom. The Kier molecular flexibility index (Phi) is 4.34. The van der Waals surface area contributed by atoms with Crippen molar-refractivity contribution in [3.8, 4) is 0 Å². The SMILES string of the molecule is Cc1nc2cc([C@H]3CCCCN3C(=O)OC(C)(C)C)[nH]n2c(=O)c1C. The molecule has 2 aromatic heterocycles. The van der Waals surface area contributed by atoms with Crippen LogP contribution in [0.3, 0.4) is 0 Å². The number of nitrogens with zero attached hydrogens (tertiary/aromatic N) is 3. The summed E-state index contributed by atoms with van der Waals surface area (Å²) in [6.45, 7) is 9.84. The summed E-state index contributed by atoms with van der Waals surface area (Å²) in [5, 5.41) is 3.14. The van der Waals surface area contributed by atoms with E-state index < -0.39 is 5.60 Å². The summed E-state index contributed by atoms with van der Waals surface area (Å²) in [5.74, 6) is 0. The summed E-state index contributed by atoms with van der Waals surface area (Å²) in [5.41, 5.74) is 2.11. The monoisotopic (exact) mass is 346 g/mol. The summed E-state index contributed by atoms with van der Waals surface area (Å²) in [6, 6.07) is 1.73. The van der Waals surface area contributed by atoms with E-state index in [9.17, 15) is 9.59 Å². The maximum absolute atomic E-state index is 12.6. The van der Waals surface area contributed by atoms with Gasteiger partial charge in [-0.25, -0.2) is 14.3 Å². The van der Waals surface area contributed by atoms with Crippen LogP contribution < -0.4 is 5.56 Å². The van der Waals surface area contributed by atoms with Gasteiger partial charge in [-0.15, -0.1) is 0 Å². The van der Waals surface area contributed by atoms with Crippen molar-refractivity contribution in [3.63, 3.8) is 0 Å². The zero-order valence-corrected chi connectivity index (χ0v) is 15.5. The molecule has 1 amide bonds. The van der Waals surface area contributed by atoms with Crippen LogP contribution >= 0.6 is 0 Å². The first-order valence-electron chi connectivity index (χ1n) is 8.76. The second-order valence-corrected chi connectivity index (χ2v) is 7.72. The van der Waals surface area contributed by atoms with E-state index in [-0.39, 0.29) is 17.7 Å². The third-order valence-corrected chi connectivity index (χ3v) is 4.59. The lowest BCUT2D eigenvalue weighted by Gasteiger charge is -2.36. The smallest absolute Gasteiger partial charge is 0.410 e. The molecule has 7 nitrogen and oxygen atoms in total. The molecule has 1 fully saturated rings. The molecule has 0 saturated carbocycles. The van der Waals surface area contributed by atoms with Gasteiger partial charge in [0.25, 0.3) is 5.56 Å². The number of H-pyrrole nitrogens is 1. The van der Waals surface area contributed by atoms with E-state index in [2.05, 4.69) is 10.1 Å². The molecular formula is C18H26N4O3. The first-order valence-corrected chi connectivity index (χ1v) is 8.76. The Labute approximate surface area is 147 Å². The van der Waals surface area contributed by atoms with Crippen LogP contribution in [-0.4, -0.2) is 37.7 Å². The van der Waals surface area contributed by atoms with Crippen molar-refractivity contribution in [3.05, 3.63) is 33.4 Å². The van der Waals surface area contributed by atoms with Gasteiger partial charge < -0.3 is 4.74 Å². The maximum Gasteiger partial charge on any atom is 0.410 e. The first kappa shape index (κ1) is 17.5. The van der Waals surface area contributed by atoms with Gasteiger partial charge in [-0.1, -0.05) is 0 Å². The first-order chi connectivity index (χ1) is 11.7. The second kappa shape index (κ2) is 6.20. The van der Waals surface area contributed by atoms with Crippen molar-refractivity contribution in [2.24, 2.45) is 0 Å². The zero-order chi connectivity index (χ0) is 18.4. The van der Waals surface area contributed by atoms with E-state index in [0.717, 1.165) is 30.7 Å². The van der Waals surface area contributed by atoms with Crippen LogP contribution in [0.15, 0.2) is 10.9 Å². The number of aromatic nitrogens is 3. The molecule has 0 bridgehead atoms. The average molecular weight is 346 g/mol. The highest BCUT2D eigenvalue weighted by Crippen LogP contribution is 2.31. The van der Waals surface area contributed by atoms with Crippen molar-refractivity contribution >= 4 is 11.7 Å². The molecule has 136 valence electrons. The number of carbonyl (C=O) groups excluding carboxylic acids is 1. The summed E-state index contributed by atoms with van der Waals surface area (Å²) in [4.78, 5) is 31.3. The van der Waals surface area contributed by atoms with Gasteiger partial charge in [0.05, 0.1) is 11.7 Å². The molecule has 0 unspecified atom stereocenters. The molecule has 0 radical (unpaired) electrons. The molecule has 1 aliphatic rings. The van der Waals surface area contributed by atoms with Crippen molar-refractivity contribution in [2.75, 3.05) is 6.54 Å². The third-order valence-electron chi connectivity index (χ3n) is 4.59. The molecule has 1 aliphatic heterocycles. The molecule has 1 atom stereocenters. The number of hydrogen-bond acceptors (Lipinski definition) is 4. The van der Waals surface area contributed by atoms with E-state index >= 15 is 0 Å².